The van der Waals surface area contributed by atoms with Gasteiger partial charge in [0.05, 0.1) is 17.9 Å². The summed E-state index contributed by atoms with van der Waals surface area (Å²) >= 11 is 0. The van der Waals surface area contributed by atoms with Gasteiger partial charge in [0, 0.05) is 25.6 Å². The van der Waals surface area contributed by atoms with Crippen LogP contribution in [0.1, 0.15) is 30.6 Å². The molecule has 0 saturated carbocycles. The minimum absolute atomic E-state index is 0.0893. The number of imidazole rings is 1. The zero-order valence-corrected chi connectivity index (χ0v) is 12.4. The van der Waals surface area contributed by atoms with Crippen LogP contribution in [0.5, 0.6) is 0 Å². The van der Waals surface area contributed by atoms with E-state index >= 15 is 0 Å². The van der Waals surface area contributed by atoms with Crippen LogP contribution in [-0.2, 0) is 7.05 Å². The van der Waals surface area contributed by atoms with Crippen molar-refractivity contribution < 1.29 is 0 Å². The first-order valence-corrected chi connectivity index (χ1v) is 7.01. The lowest BCUT2D eigenvalue weighted by Gasteiger charge is -2.14. The highest BCUT2D eigenvalue weighted by Gasteiger charge is 2.17. The maximum Gasteiger partial charge on any atom is 0.161 e. The van der Waals surface area contributed by atoms with Crippen molar-refractivity contribution in [2.24, 2.45) is 7.05 Å². The van der Waals surface area contributed by atoms with Gasteiger partial charge in [-0.05, 0) is 31.0 Å². The summed E-state index contributed by atoms with van der Waals surface area (Å²) in [5.41, 5.74) is 2.98. The largest absolute Gasteiger partial charge is 0.333 e. The average Bonchev–Trinajstić information content (AvgIpc) is 3.09. The van der Waals surface area contributed by atoms with Crippen LogP contribution in [-0.4, -0.2) is 29.5 Å². The lowest BCUT2D eigenvalue weighted by Crippen LogP contribution is -2.12. The highest BCUT2D eigenvalue weighted by atomic mass is 15.4. The van der Waals surface area contributed by atoms with Gasteiger partial charge in [0.25, 0.3) is 0 Å². The van der Waals surface area contributed by atoms with Gasteiger partial charge in [-0.1, -0.05) is 12.1 Å². The molecule has 0 spiro atoms. The number of nitrogens with zero attached hydrogens (tertiary/aromatic N) is 6. The minimum Gasteiger partial charge on any atom is -0.333 e. The Morgan fingerprint density at radius 2 is 2.10 bits per heavy atom. The maximum atomic E-state index is 4.47. The van der Waals surface area contributed by atoms with Crippen LogP contribution in [0.25, 0.3) is 11.5 Å². The van der Waals surface area contributed by atoms with E-state index in [1.54, 1.807) is 6.20 Å². The normalized spacial score (nSPS) is 12.5. The molecule has 0 aromatic carbocycles. The summed E-state index contributed by atoms with van der Waals surface area (Å²) < 4.78 is 3.80. The summed E-state index contributed by atoms with van der Waals surface area (Å²) in [5, 5.41) is 8.50. The molecular weight excluding hydrogens is 264 g/mol. The Kier molecular flexibility index (Phi) is 3.51. The van der Waals surface area contributed by atoms with E-state index in [2.05, 4.69) is 40.2 Å². The van der Waals surface area contributed by atoms with Crippen molar-refractivity contribution in [3.05, 3.63) is 48.2 Å². The van der Waals surface area contributed by atoms with Crippen molar-refractivity contribution in [3.63, 3.8) is 0 Å². The molecule has 3 rings (SSSR count). The molecule has 1 atom stereocenters. The van der Waals surface area contributed by atoms with Crippen molar-refractivity contribution in [2.45, 2.75) is 26.3 Å². The molecular formula is C15H18N6. The molecule has 21 heavy (non-hydrogen) atoms. The van der Waals surface area contributed by atoms with Gasteiger partial charge < -0.3 is 4.57 Å². The van der Waals surface area contributed by atoms with Crippen LogP contribution < -0.4 is 0 Å². The predicted molar refractivity (Wildman–Crippen MR) is 79.6 cm³/mol. The quantitative estimate of drug-likeness (QED) is 0.737. The standard InChI is InChI=1S/C15H18N6/c1-4-14(12-9-11(2)5-6-16-12)21-10-13(18-19-21)15-17-7-8-20(15)3/h5-10,14H,4H2,1-3H3/t14-/m1/s1. The Labute approximate surface area is 123 Å². The highest BCUT2D eigenvalue weighted by Crippen LogP contribution is 2.22. The minimum atomic E-state index is 0.0893. The fourth-order valence-corrected chi connectivity index (χ4v) is 2.42. The van der Waals surface area contributed by atoms with E-state index in [4.69, 9.17) is 0 Å². The Morgan fingerprint density at radius 1 is 1.24 bits per heavy atom. The zero-order valence-electron chi connectivity index (χ0n) is 12.4. The molecule has 6 heteroatoms. The SMILES string of the molecule is CC[C@H](c1cc(C)ccn1)n1cc(-c2nccn2C)nn1. The van der Waals surface area contributed by atoms with E-state index in [0.717, 1.165) is 23.6 Å². The second-order valence-electron chi connectivity index (χ2n) is 5.13. The van der Waals surface area contributed by atoms with Crippen LogP contribution >= 0.6 is 0 Å². The molecule has 0 unspecified atom stereocenters. The summed E-state index contributed by atoms with van der Waals surface area (Å²) in [4.78, 5) is 8.77. The summed E-state index contributed by atoms with van der Waals surface area (Å²) in [6, 6.07) is 4.18. The Hall–Kier alpha value is -2.50. The van der Waals surface area contributed by atoms with Gasteiger partial charge in [0.2, 0.25) is 0 Å². The van der Waals surface area contributed by atoms with Crippen LogP contribution in [0.15, 0.2) is 36.9 Å². The van der Waals surface area contributed by atoms with Crippen molar-refractivity contribution in [3.8, 4) is 11.5 Å². The van der Waals surface area contributed by atoms with Gasteiger partial charge >= 0.3 is 0 Å². The first-order chi connectivity index (χ1) is 10.2. The van der Waals surface area contributed by atoms with E-state index < -0.39 is 0 Å². The van der Waals surface area contributed by atoms with E-state index in [0.29, 0.717) is 0 Å². The molecule has 0 radical (unpaired) electrons. The monoisotopic (exact) mass is 282 g/mol. The van der Waals surface area contributed by atoms with Crippen molar-refractivity contribution in [1.82, 2.24) is 29.5 Å². The molecule has 3 aromatic heterocycles. The van der Waals surface area contributed by atoms with E-state index in [9.17, 15) is 0 Å². The van der Waals surface area contributed by atoms with Gasteiger partial charge in [0.1, 0.15) is 5.69 Å². The molecule has 0 saturated heterocycles. The molecule has 3 aromatic rings. The third kappa shape index (κ3) is 2.56. The van der Waals surface area contributed by atoms with Gasteiger partial charge in [-0.2, -0.15) is 0 Å². The van der Waals surface area contributed by atoms with Gasteiger partial charge in [0.15, 0.2) is 5.82 Å². The Bertz CT molecular complexity index is 742. The predicted octanol–water partition coefficient (Wildman–Crippen LogP) is 2.38. The summed E-state index contributed by atoms with van der Waals surface area (Å²) in [6.07, 6.45) is 8.33. The number of rotatable bonds is 4. The summed E-state index contributed by atoms with van der Waals surface area (Å²) in [5.74, 6) is 0.813. The van der Waals surface area contributed by atoms with E-state index in [-0.39, 0.29) is 6.04 Å². The molecule has 0 N–H and O–H groups in total. The fraction of sp³-hybridized carbons (Fsp3) is 0.333. The van der Waals surface area contributed by atoms with Gasteiger partial charge in [-0.3, -0.25) is 4.98 Å². The van der Waals surface area contributed by atoms with Crippen LogP contribution in [0.4, 0.5) is 0 Å². The van der Waals surface area contributed by atoms with Crippen LogP contribution in [0, 0.1) is 6.92 Å². The van der Waals surface area contributed by atoms with Crippen molar-refractivity contribution in [2.75, 3.05) is 0 Å². The first-order valence-electron chi connectivity index (χ1n) is 7.01. The van der Waals surface area contributed by atoms with E-state index in [1.165, 1.54) is 5.56 Å². The number of aryl methyl sites for hydroxylation is 2. The Morgan fingerprint density at radius 3 is 2.76 bits per heavy atom. The fourth-order valence-electron chi connectivity index (χ4n) is 2.42. The van der Waals surface area contributed by atoms with Crippen molar-refractivity contribution >= 4 is 0 Å². The number of pyridine rings is 1. The highest BCUT2D eigenvalue weighted by molar-refractivity contribution is 5.47. The van der Waals surface area contributed by atoms with Crippen LogP contribution in [0.2, 0.25) is 0 Å². The van der Waals surface area contributed by atoms with Gasteiger partial charge in [-0.25, -0.2) is 9.67 Å². The molecule has 3 heterocycles. The molecule has 0 fully saturated rings. The Balaban J connectivity index is 1.96. The number of aromatic nitrogens is 6. The topological polar surface area (TPSA) is 61.4 Å². The average molecular weight is 282 g/mol. The zero-order chi connectivity index (χ0) is 14.8. The smallest absolute Gasteiger partial charge is 0.161 e. The second-order valence-corrected chi connectivity index (χ2v) is 5.13. The molecule has 0 aliphatic carbocycles. The molecule has 0 bridgehead atoms. The summed E-state index contributed by atoms with van der Waals surface area (Å²) in [7, 11) is 1.95. The van der Waals surface area contributed by atoms with Crippen molar-refractivity contribution in [1.29, 1.82) is 0 Å². The lowest BCUT2D eigenvalue weighted by molar-refractivity contribution is 0.482. The third-order valence-corrected chi connectivity index (χ3v) is 3.54. The second kappa shape index (κ2) is 5.47. The maximum absolute atomic E-state index is 4.47. The molecule has 0 aliphatic rings. The van der Waals surface area contributed by atoms with Gasteiger partial charge in [-0.15, -0.1) is 5.10 Å². The molecule has 0 aliphatic heterocycles. The summed E-state index contributed by atoms with van der Waals surface area (Å²) in [6.45, 7) is 4.19. The lowest BCUT2D eigenvalue weighted by atomic mass is 10.1. The molecule has 0 amide bonds. The molecule has 108 valence electrons. The van der Waals surface area contributed by atoms with E-state index in [1.807, 2.05) is 41.0 Å². The molecule has 6 nitrogen and oxygen atoms in total. The third-order valence-electron chi connectivity index (χ3n) is 3.54. The first kappa shape index (κ1) is 13.5. The number of hydrogen-bond acceptors (Lipinski definition) is 4. The number of hydrogen-bond donors (Lipinski definition) is 0. The van der Waals surface area contributed by atoms with Crippen LogP contribution in [0.3, 0.4) is 0 Å².